The van der Waals surface area contributed by atoms with Crippen molar-refractivity contribution in [2.75, 3.05) is 81.5 Å². The third kappa shape index (κ3) is 10.2. The Morgan fingerprint density at radius 2 is 1.55 bits per heavy atom. The number of carbonyl (C=O) groups excluding carboxylic acids is 4. The van der Waals surface area contributed by atoms with Gasteiger partial charge in [-0.1, -0.05) is 5.16 Å². The largest absolute Gasteiger partial charge is 0.449 e. The van der Waals surface area contributed by atoms with Crippen LogP contribution in [0.4, 0.5) is 30.8 Å². The average molecular weight is 979 g/mol. The molecule has 1 saturated carbocycles. The molecule has 71 heavy (non-hydrogen) atoms. The first kappa shape index (κ1) is 47.8. The molecule has 4 aromatic heterocycles. The highest BCUT2D eigenvalue weighted by molar-refractivity contribution is 6.02. The predicted molar refractivity (Wildman–Crippen MR) is 257 cm³/mol. The summed E-state index contributed by atoms with van der Waals surface area (Å²) in [6, 6.07) is 1.64. The van der Waals surface area contributed by atoms with Gasteiger partial charge in [-0.15, -0.1) is 0 Å². The van der Waals surface area contributed by atoms with Gasteiger partial charge in [0, 0.05) is 89.3 Å². The van der Waals surface area contributed by atoms with Crippen LogP contribution in [0.5, 0.6) is 0 Å². The van der Waals surface area contributed by atoms with Gasteiger partial charge in [-0.25, -0.2) is 38.2 Å². The standard InChI is InChI=1S/C49H60F2N14O6/c1-49(2,3)65-46-39(44(52)55-27-56-46)40(59-65)41-38(43(71-60-41)30-4-5-30)45-53-24-31(25-54-45)29-10-15-64(16-11-29)48(69)70-21-12-37(67)62-13-8-28(9-14-62)26-61-17-19-63(20-18-61)42-33(50)22-32(23-34(42)51)57-35-6-7-36(66)58-47(35)68/h22-25,27-30,35,57H,4-21,26H2,1-3H3,(H2,52,55,56)(H,58,66,68). The lowest BCUT2D eigenvalue weighted by molar-refractivity contribution is -0.134. The van der Waals surface area contributed by atoms with Crippen molar-refractivity contribution in [1.29, 1.82) is 0 Å². The third-order valence-electron chi connectivity index (χ3n) is 14.5. The van der Waals surface area contributed by atoms with E-state index in [0.29, 0.717) is 111 Å². The zero-order valence-electron chi connectivity index (χ0n) is 40.3. The fourth-order valence-corrected chi connectivity index (χ4v) is 10.3. The van der Waals surface area contributed by atoms with Crippen LogP contribution in [0.25, 0.3) is 33.8 Å². The van der Waals surface area contributed by atoms with E-state index >= 15 is 8.78 Å². The number of carbonyl (C=O) groups is 4. The Morgan fingerprint density at radius 1 is 0.859 bits per heavy atom. The van der Waals surface area contributed by atoms with Gasteiger partial charge in [0.15, 0.2) is 28.9 Å². The third-order valence-corrected chi connectivity index (χ3v) is 14.5. The number of hydrogen-bond acceptors (Lipinski definition) is 16. The molecule has 0 spiro atoms. The topological polar surface area (TPSA) is 236 Å². The van der Waals surface area contributed by atoms with Crippen molar-refractivity contribution in [1.82, 2.24) is 54.9 Å². The van der Waals surface area contributed by atoms with Crippen molar-refractivity contribution in [3.8, 4) is 22.8 Å². The van der Waals surface area contributed by atoms with Crippen LogP contribution in [0.1, 0.15) is 102 Å². The summed E-state index contributed by atoms with van der Waals surface area (Å²) in [6.45, 7) is 11.4. The summed E-state index contributed by atoms with van der Waals surface area (Å²) in [5, 5.41) is 15.1. The summed E-state index contributed by atoms with van der Waals surface area (Å²) in [4.78, 5) is 75.8. The fourth-order valence-electron chi connectivity index (χ4n) is 10.3. The van der Waals surface area contributed by atoms with Gasteiger partial charge in [0.05, 0.1) is 22.9 Å². The molecule has 1 aliphatic carbocycles. The number of fused-ring (bicyclic) bond motifs is 1. The van der Waals surface area contributed by atoms with Gasteiger partial charge in [-0.05, 0) is 95.2 Å². The first-order valence-corrected chi connectivity index (χ1v) is 24.8. The molecule has 5 aliphatic rings. The SMILES string of the molecule is CC(C)(C)n1nc(-c2noc(C3CC3)c2-c2ncc(C3CCN(C(=O)OCCC(=O)N4CCC(CN5CCN(c6c(F)cc(NC7CCC(=O)NC7=O)cc6F)CC5)CC4)CC3)cn2)c2c(N)ncnc21. The van der Waals surface area contributed by atoms with E-state index < -0.39 is 35.2 Å². The molecule has 4 N–H and O–H groups in total. The Balaban J connectivity index is 0.651. The quantitative estimate of drug-likeness (QED) is 0.133. The highest BCUT2D eigenvalue weighted by Gasteiger charge is 2.37. The number of nitrogens with two attached hydrogens (primary N) is 1. The number of benzene rings is 1. The van der Waals surface area contributed by atoms with Gasteiger partial charge in [-0.2, -0.15) is 5.10 Å². The van der Waals surface area contributed by atoms with Crippen LogP contribution < -0.4 is 21.3 Å². The van der Waals surface area contributed by atoms with Crippen molar-refractivity contribution in [2.45, 2.75) is 102 Å². The zero-order valence-corrected chi connectivity index (χ0v) is 40.3. The highest BCUT2D eigenvalue weighted by atomic mass is 19.1. The number of nitrogen functional groups attached to an aromatic ring is 1. The van der Waals surface area contributed by atoms with E-state index in [1.165, 1.54) is 18.5 Å². The molecule has 1 atom stereocenters. The molecule has 1 unspecified atom stereocenters. The number of ether oxygens (including phenoxy) is 1. The van der Waals surface area contributed by atoms with Crippen LogP contribution in [0.15, 0.2) is 35.4 Å². The lowest BCUT2D eigenvalue weighted by Gasteiger charge is -2.39. The van der Waals surface area contributed by atoms with Crippen LogP contribution in [0.2, 0.25) is 0 Å². The molecule has 20 nitrogen and oxygen atoms in total. The highest BCUT2D eigenvalue weighted by Crippen LogP contribution is 2.48. The number of piperidine rings is 3. The monoisotopic (exact) mass is 978 g/mol. The van der Waals surface area contributed by atoms with E-state index in [-0.39, 0.29) is 60.9 Å². The summed E-state index contributed by atoms with van der Waals surface area (Å²) >= 11 is 0. The van der Waals surface area contributed by atoms with Gasteiger partial charge in [-0.3, -0.25) is 24.6 Å². The molecule has 10 rings (SSSR count). The molecule has 4 amide bonds. The van der Waals surface area contributed by atoms with Gasteiger partial charge >= 0.3 is 6.09 Å². The average Bonchev–Trinajstić information content (AvgIpc) is 3.97. The minimum Gasteiger partial charge on any atom is -0.449 e. The summed E-state index contributed by atoms with van der Waals surface area (Å²) in [6.07, 6.45) is 10.3. The van der Waals surface area contributed by atoms with E-state index in [4.69, 9.17) is 30.1 Å². The number of aromatic nitrogens is 7. The molecular formula is C49H60F2N14O6. The lowest BCUT2D eigenvalue weighted by atomic mass is 9.91. The van der Waals surface area contributed by atoms with Crippen molar-refractivity contribution in [3.05, 3.63) is 53.8 Å². The first-order valence-electron chi connectivity index (χ1n) is 24.8. The van der Waals surface area contributed by atoms with E-state index in [9.17, 15) is 19.2 Å². The number of nitrogens with zero attached hydrogens (tertiary/aromatic N) is 11. The Kier molecular flexibility index (Phi) is 13.3. The second-order valence-corrected chi connectivity index (χ2v) is 20.4. The number of anilines is 3. The number of likely N-dealkylation sites (tertiary alicyclic amines) is 2. The summed E-state index contributed by atoms with van der Waals surface area (Å²) in [5.74, 6) is -0.0826. The number of imide groups is 1. The van der Waals surface area contributed by atoms with Crippen LogP contribution in [0, 0.1) is 17.6 Å². The van der Waals surface area contributed by atoms with Crippen LogP contribution in [-0.4, -0.2) is 145 Å². The molecule has 376 valence electrons. The van der Waals surface area contributed by atoms with Gasteiger partial charge < -0.3 is 35.0 Å². The predicted octanol–water partition coefficient (Wildman–Crippen LogP) is 5.42. The van der Waals surface area contributed by atoms with E-state index in [2.05, 4.69) is 30.7 Å². The normalized spacial score (nSPS) is 19.9. The lowest BCUT2D eigenvalue weighted by Crippen LogP contribution is -2.49. The Labute approximate surface area is 409 Å². The maximum atomic E-state index is 15.2. The molecule has 0 radical (unpaired) electrons. The van der Waals surface area contributed by atoms with Crippen molar-refractivity contribution in [2.24, 2.45) is 5.92 Å². The second kappa shape index (κ2) is 19.7. The maximum absolute atomic E-state index is 15.2. The molecule has 4 saturated heterocycles. The number of nitrogens with one attached hydrogen (secondary N) is 2. The summed E-state index contributed by atoms with van der Waals surface area (Å²) in [7, 11) is 0. The van der Waals surface area contributed by atoms with Crippen molar-refractivity contribution >= 4 is 52.0 Å². The molecule has 4 aliphatic heterocycles. The van der Waals surface area contributed by atoms with Crippen LogP contribution in [0.3, 0.4) is 0 Å². The Morgan fingerprint density at radius 3 is 2.21 bits per heavy atom. The van der Waals surface area contributed by atoms with E-state index in [1.54, 1.807) is 9.80 Å². The number of rotatable bonds is 12. The molecule has 5 fully saturated rings. The van der Waals surface area contributed by atoms with Crippen LogP contribution in [-0.2, 0) is 24.7 Å². The van der Waals surface area contributed by atoms with Crippen LogP contribution >= 0.6 is 0 Å². The molecule has 0 bridgehead atoms. The number of piperazine rings is 1. The van der Waals surface area contributed by atoms with Crippen molar-refractivity contribution < 1.29 is 37.2 Å². The Hall–Kier alpha value is -6.84. The van der Waals surface area contributed by atoms with Crippen molar-refractivity contribution in [3.63, 3.8) is 0 Å². The first-order chi connectivity index (χ1) is 34.2. The van der Waals surface area contributed by atoms with Gasteiger partial charge in [0.1, 0.15) is 41.9 Å². The minimum absolute atomic E-state index is 0.0108. The molecule has 22 heteroatoms. The maximum Gasteiger partial charge on any atom is 0.409 e. The second-order valence-electron chi connectivity index (χ2n) is 20.4. The number of hydrogen-bond donors (Lipinski definition) is 3. The smallest absolute Gasteiger partial charge is 0.409 e. The molecular weight excluding hydrogens is 919 g/mol. The fraction of sp³-hybridized carbons (Fsp3) is 0.551. The van der Waals surface area contributed by atoms with E-state index in [1.807, 2.05) is 42.7 Å². The minimum atomic E-state index is -0.741. The zero-order chi connectivity index (χ0) is 49.6. The molecule has 8 heterocycles. The van der Waals surface area contributed by atoms with Gasteiger partial charge in [0.25, 0.3) is 0 Å². The number of halogens is 2. The summed E-state index contributed by atoms with van der Waals surface area (Å²) in [5.41, 5.74) is 9.35. The van der Waals surface area contributed by atoms with E-state index in [0.717, 1.165) is 43.6 Å². The molecule has 1 aromatic carbocycles. The van der Waals surface area contributed by atoms with Gasteiger partial charge in [0.2, 0.25) is 17.7 Å². The summed E-state index contributed by atoms with van der Waals surface area (Å²) < 4.78 is 43.9. The molecule has 5 aromatic rings. The number of amides is 4. The Bertz CT molecular complexity index is 2780.